The lowest BCUT2D eigenvalue weighted by molar-refractivity contribution is -0.211. The minimum absolute atomic E-state index is 0.123. The highest BCUT2D eigenvalue weighted by Gasteiger charge is 2.71. The van der Waals surface area contributed by atoms with Gasteiger partial charge in [-0.3, -0.25) is 0 Å². The molecule has 0 atom stereocenters. The van der Waals surface area contributed by atoms with Crippen LogP contribution in [0.4, 0.5) is 15.8 Å². The van der Waals surface area contributed by atoms with Gasteiger partial charge in [-0.05, 0) is 227 Å². The van der Waals surface area contributed by atoms with Crippen LogP contribution >= 0.6 is 0 Å². The van der Waals surface area contributed by atoms with Crippen molar-refractivity contribution in [2.45, 2.75) is 182 Å². The van der Waals surface area contributed by atoms with E-state index in [9.17, 15) is 4.39 Å². The van der Waals surface area contributed by atoms with Gasteiger partial charge >= 0.3 is 0 Å². The molecule has 18 saturated carbocycles. The summed E-state index contributed by atoms with van der Waals surface area (Å²) in [5.74, 6) is 3.17. The largest absolute Gasteiger partial charge is 0.365 e. The third-order valence-electron chi connectivity index (χ3n) is 25.1. The summed E-state index contributed by atoms with van der Waals surface area (Å²) in [6.07, 6.45) is 34.2. The number of alkyl halides is 1. The van der Waals surface area contributed by atoms with Crippen LogP contribution < -0.4 is 9.80 Å². The Kier molecular flexibility index (Phi) is 11.2. The fourth-order valence-electron chi connectivity index (χ4n) is 21.3. The van der Waals surface area contributed by atoms with E-state index in [0.29, 0.717) is 27.6 Å². The Balaban J connectivity index is 0.0000000796. The molecular formula is C77H89FN6. The summed E-state index contributed by atoms with van der Waals surface area (Å²) < 4.78 is 20.8. The molecule has 0 saturated heterocycles. The van der Waals surface area contributed by atoms with Gasteiger partial charge < -0.3 is 28.4 Å². The van der Waals surface area contributed by atoms with Gasteiger partial charge in [-0.1, -0.05) is 118 Å². The third-order valence-corrected chi connectivity index (χ3v) is 25.1. The zero-order valence-corrected chi connectivity index (χ0v) is 50.8. The van der Waals surface area contributed by atoms with Crippen molar-refractivity contribution in [1.82, 2.24) is 18.6 Å². The lowest BCUT2D eigenvalue weighted by Gasteiger charge is -2.72. The quantitative estimate of drug-likeness (QED) is 0.152. The van der Waals surface area contributed by atoms with Crippen LogP contribution in [0.3, 0.4) is 0 Å². The fourth-order valence-corrected chi connectivity index (χ4v) is 21.3. The van der Waals surface area contributed by atoms with Gasteiger partial charge in [0.05, 0.1) is 5.54 Å². The average molecular weight is 1120 g/mol. The molecule has 20 aliphatic rings. The van der Waals surface area contributed by atoms with Crippen LogP contribution in [0.1, 0.15) is 147 Å². The summed E-state index contributed by atoms with van der Waals surface area (Å²) in [7, 11) is 4.39. The number of fused-ring (bicyclic) bond motifs is 5. The summed E-state index contributed by atoms with van der Waals surface area (Å²) in [6.45, 7) is 11.6. The Morgan fingerprint density at radius 3 is 1.35 bits per heavy atom. The smallest absolute Gasteiger partial charge is 0.117 e. The number of rotatable bonds is 8. The minimum Gasteiger partial charge on any atom is -0.365 e. The molecule has 8 aromatic rings. The first kappa shape index (κ1) is 52.3. The second-order valence-corrected chi connectivity index (χ2v) is 31.7. The van der Waals surface area contributed by atoms with Gasteiger partial charge in [0, 0.05) is 113 Å². The van der Waals surface area contributed by atoms with E-state index in [4.69, 9.17) is 0 Å². The fraction of sp³-hybridized carbons (Fsp3) is 0.506. The summed E-state index contributed by atoms with van der Waals surface area (Å²) >= 11 is 0. The molecule has 5 heterocycles. The van der Waals surface area contributed by atoms with Crippen molar-refractivity contribution in [3.63, 3.8) is 0 Å². The van der Waals surface area contributed by atoms with Crippen LogP contribution in [0.25, 0.3) is 32.7 Å². The van der Waals surface area contributed by atoms with Gasteiger partial charge in [-0.15, -0.1) is 0 Å². The lowest BCUT2D eigenvalue weighted by atomic mass is 9.34. The molecule has 84 heavy (non-hydrogen) atoms. The monoisotopic (exact) mass is 1120 g/mol. The molecule has 3 aromatic heterocycles. The number of para-hydroxylation sites is 5. The van der Waals surface area contributed by atoms with Crippen LogP contribution in [-0.4, -0.2) is 62.5 Å². The van der Waals surface area contributed by atoms with Crippen LogP contribution in [0.5, 0.6) is 0 Å². The Hall–Kier alpha value is -6.05. The standard InChI is InChI=1S/2C14H15N.C13H12FN.C13H15N.C13H13N.C10H19N/c1-10-6-12-4-2-3-5-13(12)15(10)14-7-11(8-14)9-14;1-13-8-14(9-13,10-13)15-7-6-11-4-2-3-5-12(11)15;14-12-7-13(8-12,9-12)15-6-5-10-3-1-2-4-11(10)15;2*1-2-4-12-11(3-1)5-6-14(12)13-7-10(8-13)9-13;1-4-9-5-10(6-9,7-9)8-11(2)3/h2-5,11H,1,6-9H2;2-7H,8-10H2,1H3;1-6H,7-9H2;1-4,10H,5-9H2;1-6,10H,7-9H2;4-8H2,1-3H3. The first-order valence-corrected chi connectivity index (χ1v) is 33.0. The van der Waals surface area contributed by atoms with E-state index < -0.39 is 5.67 Å². The molecule has 18 fully saturated rings. The first-order chi connectivity index (χ1) is 40.5. The number of anilines is 2. The van der Waals surface area contributed by atoms with Crippen LogP contribution in [0.15, 0.2) is 170 Å². The van der Waals surface area contributed by atoms with E-state index >= 15 is 0 Å². The molecule has 0 unspecified atom stereocenters. The zero-order valence-electron chi connectivity index (χ0n) is 50.8. The van der Waals surface area contributed by atoms with Gasteiger partial charge in [0.1, 0.15) is 5.67 Å². The predicted octanol–water partition coefficient (Wildman–Crippen LogP) is 17.8. The SMILES string of the molecule is C=C1Cc2ccccc2N1C12CC(C1)C2.CC12CC(n3ccc4ccccc43)(C1)C2.CCC12CC(CN(C)C)(C1)C2.FC12CC(n3ccc4ccccc43)(C1)C2.c1ccc2c(c1)CCN2C12CC(C1)C2.c1ccc2c(c1)ccn2C12CC(C1)C2. The number of hydrogen-bond acceptors (Lipinski definition) is 3. The van der Waals surface area contributed by atoms with Crippen molar-refractivity contribution in [1.29, 1.82) is 0 Å². The van der Waals surface area contributed by atoms with Gasteiger partial charge in [0.15, 0.2) is 0 Å². The molecule has 434 valence electrons. The van der Waals surface area contributed by atoms with Gasteiger partial charge in [-0.25, -0.2) is 4.39 Å². The molecule has 28 rings (SSSR count). The summed E-state index contributed by atoms with van der Waals surface area (Å²) in [6, 6.07) is 50.1. The van der Waals surface area contributed by atoms with E-state index in [2.05, 4.69) is 215 Å². The molecule has 0 amide bonds. The Bertz CT molecular complexity index is 3710. The molecule has 5 aromatic carbocycles. The summed E-state index contributed by atoms with van der Waals surface area (Å²) in [5, 5.41) is 4.03. The second-order valence-electron chi connectivity index (χ2n) is 31.7. The summed E-state index contributed by atoms with van der Waals surface area (Å²) in [5.41, 5.74) is 15.1. The molecule has 0 radical (unpaired) electrons. The first-order valence-electron chi connectivity index (χ1n) is 33.0. The van der Waals surface area contributed by atoms with Gasteiger partial charge in [0.25, 0.3) is 0 Å². The molecule has 0 spiro atoms. The minimum atomic E-state index is -0.814. The van der Waals surface area contributed by atoms with Crippen molar-refractivity contribution >= 4 is 44.1 Å². The Morgan fingerprint density at radius 2 is 0.905 bits per heavy atom. The maximum absolute atomic E-state index is 13.5. The highest BCUT2D eigenvalue weighted by atomic mass is 19.1. The lowest BCUT2D eigenvalue weighted by Crippen LogP contribution is -2.69. The predicted molar refractivity (Wildman–Crippen MR) is 344 cm³/mol. The van der Waals surface area contributed by atoms with Crippen molar-refractivity contribution in [3.05, 3.63) is 182 Å². The molecule has 18 aliphatic carbocycles. The van der Waals surface area contributed by atoms with Crippen LogP contribution in [-0.2, 0) is 29.5 Å². The highest BCUT2D eigenvalue weighted by Crippen LogP contribution is 2.75. The molecule has 2 aliphatic heterocycles. The number of aromatic nitrogens is 3. The van der Waals surface area contributed by atoms with E-state index in [1.165, 1.54) is 178 Å². The molecule has 0 N–H and O–H groups in total. The highest BCUT2D eigenvalue weighted by molar-refractivity contribution is 5.82. The zero-order chi connectivity index (χ0) is 56.7. The van der Waals surface area contributed by atoms with Gasteiger partial charge in [0.2, 0.25) is 0 Å². The van der Waals surface area contributed by atoms with E-state index in [-0.39, 0.29) is 5.54 Å². The molecule has 7 heteroatoms. The van der Waals surface area contributed by atoms with E-state index in [1.807, 2.05) is 6.07 Å². The Labute approximate surface area is 499 Å². The van der Waals surface area contributed by atoms with Crippen LogP contribution in [0, 0.1) is 34.0 Å². The van der Waals surface area contributed by atoms with Crippen LogP contribution in [0.2, 0.25) is 0 Å². The molecule has 6 nitrogen and oxygen atoms in total. The topological polar surface area (TPSA) is 24.5 Å². The number of halogens is 1. The van der Waals surface area contributed by atoms with Gasteiger partial charge in [-0.2, -0.15) is 0 Å². The van der Waals surface area contributed by atoms with E-state index in [0.717, 1.165) is 54.3 Å². The Morgan fingerprint density at radius 1 is 0.476 bits per heavy atom. The van der Waals surface area contributed by atoms with Crippen molar-refractivity contribution in [2.24, 2.45) is 34.0 Å². The molecular weight excluding hydrogens is 1030 g/mol. The summed E-state index contributed by atoms with van der Waals surface area (Å²) in [4.78, 5) is 7.59. The average Bonchev–Trinajstić information content (AvgIpc) is 1.10. The number of allylic oxidation sites excluding steroid dienone is 1. The normalized spacial score (nSPS) is 37.8. The maximum atomic E-state index is 13.5. The van der Waals surface area contributed by atoms with E-state index in [1.54, 1.807) is 5.56 Å². The second kappa shape index (κ2) is 18.0. The number of benzene rings is 5. The number of hydrogen-bond donors (Lipinski definition) is 0. The van der Waals surface area contributed by atoms with Crippen molar-refractivity contribution in [3.8, 4) is 0 Å². The third kappa shape index (κ3) is 7.80. The van der Waals surface area contributed by atoms with Crippen molar-refractivity contribution < 1.29 is 4.39 Å². The maximum Gasteiger partial charge on any atom is 0.117 e. The van der Waals surface area contributed by atoms with Crippen molar-refractivity contribution in [2.75, 3.05) is 37.0 Å². The molecule has 12 bridgehead atoms. The number of nitrogens with zero attached hydrogens (tertiary/aromatic N) is 6.